The standard InChI is InChI=1S/C6H14O3.C2H4O2.C2H6O/c1-7-3-5-9-6-4-8-2;1-2(3)4;1-3-2/h3-6H2,1-2H3;1H3,(H,3,4);1-2H3. The third-order valence-corrected chi connectivity index (χ3v) is 0.864. The molecule has 0 atom stereocenters. The van der Waals surface area contributed by atoms with Crippen molar-refractivity contribution in [3.63, 3.8) is 0 Å². The molecule has 100 valence electrons. The molecule has 6 heteroatoms. The highest BCUT2D eigenvalue weighted by Gasteiger charge is 1.84. The van der Waals surface area contributed by atoms with Crippen molar-refractivity contribution in [2.45, 2.75) is 6.92 Å². The number of carboxylic acid groups (broad SMARTS) is 1. The van der Waals surface area contributed by atoms with Crippen molar-refractivity contribution in [1.82, 2.24) is 0 Å². The van der Waals surface area contributed by atoms with Gasteiger partial charge < -0.3 is 24.1 Å². The molecule has 0 spiro atoms. The van der Waals surface area contributed by atoms with Gasteiger partial charge in [0.05, 0.1) is 26.4 Å². The first-order chi connectivity index (χ1) is 7.56. The lowest BCUT2D eigenvalue weighted by molar-refractivity contribution is -0.134. The molecular weight excluding hydrogens is 216 g/mol. The van der Waals surface area contributed by atoms with E-state index in [2.05, 4.69) is 4.74 Å². The minimum absolute atomic E-state index is 0.653. The minimum Gasteiger partial charge on any atom is -0.481 e. The molecule has 0 aromatic heterocycles. The Labute approximate surface area is 97.4 Å². The summed E-state index contributed by atoms with van der Waals surface area (Å²) in [6.45, 7) is 3.70. The van der Waals surface area contributed by atoms with Crippen molar-refractivity contribution >= 4 is 5.97 Å². The van der Waals surface area contributed by atoms with E-state index in [9.17, 15) is 0 Å². The molecule has 16 heavy (non-hydrogen) atoms. The summed E-state index contributed by atoms with van der Waals surface area (Å²) in [5.74, 6) is -0.833. The highest BCUT2D eigenvalue weighted by Crippen LogP contribution is 1.75. The van der Waals surface area contributed by atoms with E-state index >= 15 is 0 Å². The zero-order valence-corrected chi connectivity index (χ0v) is 10.8. The molecule has 0 bridgehead atoms. The summed E-state index contributed by atoms with van der Waals surface area (Å²) in [6, 6.07) is 0. The van der Waals surface area contributed by atoms with E-state index in [0.717, 1.165) is 6.92 Å². The molecule has 0 rings (SSSR count). The van der Waals surface area contributed by atoms with Gasteiger partial charge in [-0.15, -0.1) is 0 Å². The second kappa shape index (κ2) is 23.8. The van der Waals surface area contributed by atoms with Crippen LogP contribution in [0.4, 0.5) is 0 Å². The van der Waals surface area contributed by atoms with E-state index in [0.29, 0.717) is 26.4 Å². The van der Waals surface area contributed by atoms with Gasteiger partial charge >= 0.3 is 0 Å². The Balaban J connectivity index is -0.000000201. The van der Waals surface area contributed by atoms with Crippen LogP contribution in [0.15, 0.2) is 0 Å². The summed E-state index contributed by atoms with van der Waals surface area (Å²) in [5.41, 5.74) is 0. The summed E-state index contributed by atoms with van der Waals surface area (Å²) in [6.07, 6.45) is 0. The first-order valence-electron chi connectivity index (χ1n) is 4.72. The summed E-state index contributed by atoms with van der Waals surface area (Å²) >= 11 is 0. The van der Waals surface area contributed by atoms with Crippen molar-refractivity contribution in [2.75, 3.05) is 54.9 Å². The Morgan fingerprint density at radius 2 is 1.19 bits per heavy atom. The monoisotopic (exact) mass is 240 g/mol. The molecule has 0 unspecified atom stereocenters. The number of methoxy groups -OCH3 is 3. The van der Waals surface area contributed by atoms with Gasteiger partial charge in [0.15, 0.2) is 0 Å². The van der Waals surface area contributed by atoms with E-state index < -0.39 is 5.97 Å². The van der Waals surface area contributed by atoms with Crippen LogP contribution in [0.5, 0.6) is 0 Å². The number of rotatable bonds is 6. The van der Waals surface area contributed by atoms with Crippen LogP contribution in [0.3, 0.4) is 0 Å². The fourth-order valence-electron chi connectivity index (χ4n) is 0.387. The number of aliphatic carboxylic acids is 1. The Morgan fingerprint density at radius 1 is 0.938 bits per heavy atom. The lowest BCUT2D eigenvalue weighted by Crippen LogP contribution is -2.06. The summed E-state index contributed by atoms with van der Waals surface area (Å²) in [5, 5.41) is 7.42. The van der Waals surface area contributed by atoms with Crippen LogP contribution in [0.1, 0.15) is 6.92 Å². The van der Waals surface area contributed by atoms with Crippen molar-refractivity contribution in [3.8, 4) is 0 Å². The van der Waals surface area contributed by atoms with E-state index in [4.69, 9.17) is 24.1 Å². The zero-order chi connectivity index (χ0) is 13.2. The van der Waals surface area contributed by atoms with Gasteiger partial charge in [0, 0.05) is 35.4 Å². The number of carbonyl (C=O) groups is 1. The maximum absolute atomic E-state index is 9.00. The molecule has 0 amide bonds. The third-order valence-electron chi connectivity index (χ3n) is 0.864. The average molecular weight is 240 g/mol. The smallest absolute Gasteiger partial charge is 0.300 e. The maximum Gasteiger partial charge on any atom is 0.300 e. The molecule has 0 aliphatic heterocycles. The van der Waals surface area contributed by atoms with Crippen molar-refractivity contribution < 1.29 is 28.8 Å². The first-order valence-corrected chi connectivity index (χ1v) is 4.72. The summed E-state index contributed by atoms with van der Waals surface area (Å²) in [7, 11) is 6.55. The van der Waals surface area contributed by atoms with E-state index in [1.807, 2.05) is 0 Å². The van der Waals surface area contributed by atoms with Gasteiger partial charge in [-0.2, -0.15) is 0 Å². The molecule has 0 radical (unpaired) electrons. The lowest BCUT2D eigenvalue weighted by atomic mass is 10.7. The van der Waals surface area contributed by atoms with E-state index in [1.165, 1.54) is 0 Å². The van der Waals surface area contributed by atoms with Crippen molar-refractivity contribution in [3.05, 3.63) is 0 Å². The third kappa shape index (κ3) is 71.5. The highest BCUT2D eigenvalue weighted by atomic mass is 16.5. The Kier molecular flexibility index (Phi) is 30.8. The predicted octanol–water partition coefficient (Wildman–Crippen LogP) is 0.649. The van der Waals surface area contributed by atoms with Gasteiger partial charge in [0.25, 0.3) is 5.97 Å². The van der Waals surface area contributed by atoms with Crippen molar-refractivity contribution in [2.24, 2.45) is 0 Å². The largest absolute Gasteiger partial charge is 0.481 e. The number of hydrogen-bond donors (Lipinski definition) is 1. The van der Waals surface area contributed by atoms with Gasteiger partial charge in [-0.1, -0.05) is 0 Å². The molecule has 0 aromatic carbocycles. The average Bonchev–Trinajstić information content (AvgIpc) is 2.18. The van der Waals surface area contributed by atoms with Crippen LogP contribution >= 0.6 is 0 Å². The summed E-state index contributed by atoms with van der Waals surface area (Å²) < 4.78 is 18.8. The van der Waals surface area contributed by atoms with Gasteiger partial charge in [-0.05, 0) is 0 Å². The van der Waals surface area contributed by atoms with Gasteiger partial charge in [-0.3, -0.25) is 4.79 Å². The molecule has 0 aliphatic rings. The van der Waals surface area contributed by atoms with Crippen LogP contribution in [0.25, 0.3) is 0 Å². The van der Waals surface area contributed by atoms with Gasteiger partial charge in [0.2, 0.25) is 0 Å². The quantitative estimate of drug-likeness (QED) is 0.687. The second-order valence-corrected chi connectivity index (χ2v) is 2.53. The fourth-order valence-corrected chi connectivity index (χ4v) is 0.387. The molecule has 0 saturated carbocycles. The number of ether oxygens (including phenoxy) is 4. The number of carboxylic acids is 1. The molecule has 0 heterocycles. The molecular formula is C10H24O6. The van der Waals surface area contributed by atoms with Crippen LogP contribution in [-0.4, -0.2) is 65.9 Å². The van der Waals surface area contributed by atoms with E-state index in [-0.39, 0.29) is 0 Å². The zero-order valence-electron chi connectivity index (χ0n) is 10.8. The molecule has 1 N–H and O–H groups in total. The Hall–Kier alpha value is -0.690. The molecule has 0 fully saturated rings. The normalized spacial score (nSPS) is 8.31. The SMILES string of the molecule is CC(=O)O.COC.COCCOCCOC. The van der Waals surface area contributed by atoms with E-state index in [1.54, 1.807) is 28.4 Å². The predicted molar refractivity (Wildman–Crippen MR) is 60.8 cm³/mol. The minimum atomic E-state index is -0.833. The van der Waals surface area contributed by atoms with Crippen LogP contribution in [0, 0.1) is 0 Å². The fraction of sp³-hybridized carbons (Fsp3) is 0.900. The van der Waals surface area contributed by atoms with Gasteiger partial charge in [0.1, 0.15) is 0 Å². The Morgan fingerprint density at radius 3 is 1.38 bits per heavy atom. The first kappa shape index (κ1) is 20.7. The second-order valence-electron chi connectivity index (χ2n) is 2.53. The molecule has 6 nitrogen and oxygen atoms in total. The van der Waals surface area contributed by atoms with Gasteiger partial charge in [-0.25, -0.2) is 0 Å². The molecule has 0 saturated heterocycles. The Bertz CT molecular complexity index is 108. The molecule has 0 aliphatic carbocycles. The number of hydrogen-bond acceptors (Lipinski definition) is 5. The van der Waals surface area contributed by atoms with Crippen LogP contribution < -0.4 is 0 Å². The lowest BCUT2D eigenvalue weighted by Gasteiger charge is -2.00. The van der Waals surface area contributed by atoms with Crippen LogP contribution in [-0.2, 0) is 23.7 Å². The van der Waals surface area contributed by atoms with Crippen LogP contribution in [0.2, 0.25) is 0 Å². The molecule has 0 aromatic rings. The maximum atomic E-state index is 9.00. The highest BCUT2D eigenvalue weighted by molar-refractivity contribution is 5.62. The topological polar surface area (TPSA) is 74.2 Å². The summed E-state index contributed by atoms with van der Waals surface area (Å²) in [4.78, 5) is 9.00. The van der Waals surface area contributed by atoms with Crippen molar-refractivity contribution in [1.29, 1.82) is 0 Å².